The highest BCUT2D eigenvalue weighted by molar-refractivity contribution is 7.47. The number of unbranched alkanes of at least 4 members (excludes halogenated alkanes) is 52. The zero-order chi connectivity index (χ0) is 72.7. The summed E-state index contributed by atoms with van der Waals surface area (Å²) in [5.41, 5.74) is 0. The van der Waals surface area contributed by atoms with Crippen LogP contribution in [0.1, 0.15) is 426 Å². The van der Waals surface area contributed by atoms with Crippen molar-refractivity contribution >= 4 is 39.5 Å². The SMILES string of the molecule is CCCCCCCCCCCCCCCCCCCCC(=O)OC[C@H](COP(=O)(O)OC[C@@H](O)COP(=O)(O)OC[C@@H](COC(=O)CCCCCCCCCCCCC)OC(=O)CCCCCCCCCCCCC)OC(=O)CCCCCCCCCCCCCCCCCCC(C)C. The number of phosphoric acid groups is 2. The number of esters is 4. The zero-order valence-corrected chi connectivity index (χ0v) is 66.4. The molecular formula is C80H156O17P2. The van der Waals surface area contributed by atoms with Gasteiger partial charge in [0.2, 0.25) is 0 Å². The maximum Gasteiger partial charge on any atom is 0.472 e. The van der Waals surface area contributed by atoms with Crippen LogP contribution in [0.4, 0.5) is 0 Å². The van der Waals surface area contributed by atoms with E-state index in [1.54, 1.807) is 0 Å². The van der Waals surface area contributed by atoms with E-state index in [0.29, 0.717) is 25.7 Å². The van der Waals surface area contributed by atoms with E-state index >= 15 is 0 Å². The molecule has 588 valence electrons. The van der Waals surface area contributed by atoms with Crippen LogP contribution in [0.5, 0.6) is 0 Å². The van der Waals surface area contributed by atoms with Gasteiger partial charge in [0.15, 0.2) is 12.2 Å². The van der Waals surface area contributed by atoms with E-state index in [9.17, 15) is 43.2 Å². The molecule has 0 saturated heterocycles. The summed E-state index contributed by atoms with van der Waals surface area (Å²) < 4.78 is 68.7. The lowest BCUT2D eigenvalue weighted by Gasteiger charge is -2.21. The van der Waals surface area contributed by atoms with Crippen LogP contribution in [-0.4, -0.2) is 96.7 Å². The summed E-state index contributed by atoms with van der Waals surface area (Å²) in [5.74, 6) is -1.30. The van der Waals surface area contributed by atoms with Gasteiger partial charge in [0.25, 0.3) is 0 Å². The summed E-state index contributed by atoms with van der Waals surface area (Å²) in [6.07, 6.45) is 63.7. The van der Waals surface area contributed by atoms with Crippen LogP contribution in [0.15, 0.2) is 0 Å². The first kappa shape index (κ1) is 97.1. The Balaban J connectivity index is 5.22. The van der Waals surface area contributed by atoms with Crippen molar-refractivity contribution in [1.82, 2.24) is 0 Å². The molecule has 0 fully saturated rings. The average molecular weight is 1450 g/mol. The van der Waals surface area contributed by atoms with Gasteiger partial charge in [-0.15, -0.1) is 0 Å². The number of hydrogen-bond acceptors (Lipinski definition) is 15. The molecule has 0 amide bonds. The van der Waals surface area contributed by atoms with Gasteiger partial charge in [-0.1, -0.05) is 375 Å². The number of aliphatic hydroxyl groups is 1. The quantitative estimate of drug-likeness (QED) is 0.0222. The van der Waals surface area contributed by atoms with E-state index in [1.807, 2.05) is 0 Å². The summed E-state index contributed by atoms with van der Waals surface area (Å²) in [6.45, 7) is 7.35. The van der Waals surface area contributed by atoms with Crippen molar-refractivity contribution in [3.05, 3.63) is 0 Å². The maximum atomic E-state index is 13.1. The Kier molecular flexibility index (Phi) is 71.6. The molecule has 5 atom stereocenters. The Bertz CT molecular complexity index is 1890. The molecule has 0 radical (unpaired) electrons. The second-order valence-electron chi connectivity index (χ2n) is 29.3. The van der Waals surface area contributed by atoms with Gasteiger partial charge in [-0.05, 0) is 31.6 Å². The third-order valence-electron chi connectivity index (χ3n) is 18.8. The third kappa shape index (κ3) is 74.1. The minimum atomic E-state index is -4.96. The van der Waals surface area contributed by atoms with Crippen molar-refractivity contribution in [3.63, 3.8) is 0 Å². The number of carbonyl (C=O) groups is 4. The van der Waals surface area contributed by atoms with Crippen molar-refractivity contribution < 1.29 is 80.2 Å². The first-order valence-electron chi connectivity index (χ1n) is 41.6. The number of rotatable bonds is 80. The first-order valence-corrected chi connectivity index (χ1v) is 44.6. The number of carbonyl (C=O) groups excluding carboxylic acids is 4. The lowest BCUT2D eigenvalue weighted by molar-refractivity contribution is -0.161. The average Bonchev–Trinajstić information content (AvgIpc) is 2.31. The van der Waals surface area contributed by atoms with Crippen LogP contribution < -0.4 is 0 Å². The second-order valence-corrected chi connectivity index (χ2v) is 32.2. The fraction of sp³-hybridized carbons (Fsp3) is 0.950. The van der Waals surface area contributed by atoms with Crippen LogP contribution in [0.2, 0.25) is 0 Å². The monoisotopic (exact) mass is 1450 g/mol. The minimum absolute atomic E-state index is 0.108. The molecule has 0 aromatic carbocycles. The van der Waals surface area contributed by atoms with Crippen molar-refractivity contribution in [2.75, 3.05) is 39.6 Å². The Morgan fingerprint density at radius 3 is 0.687 bits per heavy atom. The molecule has 0 bridgehead atoms. The fourth-order valence-electron chi connectivity index (χ4n) is 12.4. The zero-order valence-electron chi connectivity index (χ0n) is 64.6. The molecule has 0 aromatic heterocycles. The summed E-state index contributed by atoms with van der Waals surface area (Å²) in [6, 6.07) is 0. The third-order valence-corrected chi connectivity index (χ3v) is 20.7. The highest BCUT2D eigenvalue weighted by atomic mass is 31.2. The molecule has 3 N–H and O–H groups in total. The molecule has 0 aliphatic rings. The standard InChI is InChI=1S/C80H156O17P2/c1-6-9-12-15-18-21-24-25-26-27-28-32-35-40-44-49-54-59-64-78(83)91-70-76(97-80(85)66-61-56-51-46-41-36-33-30-29-31-34-39-42-47-52-57-62-73(4)5)72-95-99(88,89)93-68-74(81)67-92-98(86,87)94-71-75(96-79(84)65-60-55-50-45-38-23-20-17-14-11-8-3)69-90-77(82)63-58-53-48-43-37-22-19-16-13-10-7-2/h73-76,81H,6-72H2,1-5H3,(H,86,87)(H,88,89)/t74-,75+,76+/m0/s1. The normalized spacial score (nSPS) is 13.9. The number of phosphoric ester groups is 2. The molecule has 0 saturated carbocycles. The molecule has 99 heavy (non-hydrogen) atoms. The molecule has 0 rings (SSSR count). The highest BCUT2D eigenvalue weighted by Gasteiger charge is 2.30. The Morgan fingerprint density at radius 1 is 0.273 bits per heavy atom. The lowest BCUT2D eigenvalue weighted by atomic mass is 10.0. The molecule has 0 aromatic rings. The van der Waals surface area contributed by atoms with Crippen LogP contribution in [-0.2, 0) is 65.4 Å². The van der Waals surface area contributed by atoms with E-state index in [-0.39, 0.29) is 25.7 Å². The van der Waals surface area contributed by atoms with E-state index in [1.165, 1.54) is 250 Å². The molecule has 0 aliphatic carbocycles. The predicted octanol–water partition coefficient (Wildman–Crippen LogP) is 24.0. The Hall–Kier alpha value is -1.94. The van der Waals surface area contributed by atoms with E-state index < -0.39 is 97.5 Å². The van der Waals surface area contributed by atoms with Gasteiger partial charge < -0.3 is 33.8 Å². The van der Waals surface area contributed by atoms with Gasteiger partial charge >= 0.3 is 39.5 Å². The van der Waals surface area contributed by atoms with E-state index in [4.69, 9.17) is 37.0 Å². The lowest BCUT2D eigenvalue weighted by Crippen LogP contribution is -2.30. The molecule has 0 aliphatic heterocycles. The van der Waals surface area contributed by atoms with Gasteiger partial charge in [0.1, 0.15) is 19.3 Å². The van der Waals surface area contributed by atoms with Gasteiger partial charge in [-0.3, -0.25) is 37.3 Å². The summed E-state index contributed by atoms with van der Waals surface area (Å²) >= 11 is 0. The Morgan fingerprint density at radius 2 is 0.465 bits per heavy atom. The molecular weight excluding hydrogens is 1290 g/mol. The van der Waals surface area contributed by atoms with Crippen LogP contribution >= 0.6 is 15.6 Å². The van der Waals surface area contributed by atoms with Crippen LogP contribution in [0, 0.1) is 5.92 Å². The largest absolute Gasteiger partial charge is 0.472 e. The van der Waals surface area contributed by atoms with E-state index in [2.05, 4.69) is 34.6 Å². The van der Waals surface area contributed by atoms with Crippen molar-refractivity contribution in [1.29, 1.82) is 0 Å². The summed E-state index contributed by atoms with van der Waals surface area (Å²) in [5, 5.41) is 10.6. The first-order chi connectivity index (χ1) is 48.0. The Labute approximate surface area is 607 Å². The molecule has 0 heterocycles. The van der Waals surface area contributed by atoms with Gasteiger partial charge in [-0.2, -0.15) is 0 Å². The van der Waals surface area contributed by atoms with E-state index in [0.717, 1.165) is 95.8 Å². The van der Waals surface area contributed by atoms with Gasteiger partial charge in [0.05, 0.1) is 26.4 Å². The molecule has 19 heteroatoms. The number of hydrogen-bond donors (Lipinski definition) is 3. The van der Waals surface area contributed by atoms with Crippen molar-refractivity contribution in [3.8, 4) is 0 Å². The summed E-state index contributed by atoms with van der Waals surface area (Å²) in [4.78, 5) is 72.9. The number of ether oxygens (including phenoxy) is 4. The highest BCUT2D eigenvalue weighted by Crippen LogP contribution is 2.45. The summed E-state index contributed by atoms with van der Waals surface area (Å²) in [7, 11) is -9.91. The smallest absolute Gasteiger partial charge is 0.462 e. The fourth-order valence-corrected chi connectivity index (χ4v) is 14.0. The molecule has 2 unspecified atom stereocenters. The van der Waals surface area contributed by atoms with Gasteiger partial charge in [-0.25, -0.2) is 9.13 Å². The van der Waals surface area contributed by atoms with Crippen LogP contribution in [0.25, 0.3) is 0 Å². The second kappa shape index (κ2) is 73.0. The maximum absolute atomic E-state index is 13.1. The van der Waals surface area contributed by atoms with Crippen molar-refractivity contribution in [2.24, 2.45) is 5.92 Å². The van der Waals surface area contributed by atoms with Gasteiger partial charge in [0, 0.05) is 25.7 Å². The molecule has 0 spiro atoms. The number of aliphatic hydroxyl groups excluding tert-OH is 1. The molecule has 17 nitrogen and oxygen atoms in total. The van der Waals surface area contributed by atoms with Crippen molar-refractivity contribution in [2.45, 2.75) is 445 Å². The predicted molar refractivity (Wildman–Crippen MR) is 405 cm³/mol. The van der Waals surface area contributed by atoms with Crippen LogP contribution in [0.3, 0.4) is 0 Å². The topological polar surface area (TPSA) is 237 Å². The minimum Gasteiger partial charge on any atom is -0.462 e.